The fraction of sp³-hybridized carbons (Fsp3) is 0. The van der Waals surface area contributed by atoms with Crippen LogP contribution in [0.3, 0.4) is 0 Å². The molecular formula is C51H31N3O. The summed E-state index contributed by atoms with van der Waals surface area (Å²) >= 11 is 0. The first kappa shape index (κ1) is 31.1. The molecule has 2 heterocycles. The normalized spacial score (nSPS) is 11.6. The Labute approximate surface area is 317 Å². The van der Waals surface area contributed by atoms with E-state index in [0.717, 1.165) is 71.5 Å². The van der Waals surface area contributed by atoms with Gasteiger partial charge in [0.15, 0.2) is 17.5 Å². The molecule has 0 amide bonds. The lowest BCUT2D eigenvalue weighted by Gasteiger charge is -2.15. The van der Waals surface area contributed by atoms with E-state index in [1.807, 2.05) is 60.7 Å². The zero-order valence-electron chi connectivity index (χ0n) is 29.6. The molecule has 4 heteroatoms. The molecule has 4 nitrogen and oxygen atoms in total. The molecule has 0 unspecified atom stereocenters. The minimum atomic E-state index is 0.630. The molecule has 0 aliphatic carbocycles. The molecule has 11 rings (SSSR count). The Balaban J connectivity index is 1.19. The van der Waals surface area contributed by atoms with Crippen LogP contribution < -0.4 is 0 Å². The number of nitrogens with zero attached hydrogens (tertiary/aromatic N) is 3. The number of hydrogen-bond donors (Lipinski definition) is 0. The fourth-order valence-electron chi connectivity index (χ4n) is 8.09. The van der Waals surface area contributed by atoms with Gasteiger partial charge in [0.2, 0.25) is 0 Å². The van der Waals surface area contributed by atoms with Crippen molar-refractivity contribution in [1.82, 2.24) is 15.0 Å². The van der Waals surface area contributed by atoms with E-state index < -0.39 is 0 Å². The molecule has 256 valence electrons. The predicted molar refractivity (Wildman–Crippen MR) is 227 cm³/mol. The summed E-state index contributed by atoms with van der Waals surface area (Å²) in [6, 6.07) is 65.8. The summed E-state index contributed by atoms with van der Waals surface area (Å²) in [5.41, 5.74) is 9.06. The van der Waals surface area contributed by atoms with Crippen molar-refractivity contribution >= 4 is 54.3 Å². The van der Waals surface area contributed by atoms with Gasteiger partial charge in [0.25, 0.3) is 0 Å². The molecule has 0 N–H and O–H groups in total. The van der Waals surface area contributed by atoms with Gasteiger partial charge in [-0.2, -0.15) is 0 Å². The van der Waals surface area contributed by atoms with Crippen LogP contribution in [0.2, 0.25) is 0 Å². The van der Waals surface area contributed by atoms with Gasteiger partial charge in [0.05, 0.1) is 0 Å². The molecule has 0 aliphatic heterocycles. The lowest BCUT2D eigenvalue weighted by Crippen LogP contribution is -2.00. The summed E-state index contributed by atoms with van der Waals surface area (Å²) in [6.45, 7) is 0. The van der Waals surface area contributed by atoms with Crippen LogP contribution in [0, 0.1) is 0 Å². The SMILES string of the molecule is c1ccc(-c2nc(-c3ccccc3)nc(-c3ccc(-c4cc(-c5cccc6ccccc56)cc5oc6cc7ccccc7cc6c45)c4ccccc34)n2)cc1. The minimum absolute atomic E-state index is 0.630. The Kier molecular flexibility index (Phi) is 7.14. The second kappa shape index (κ2) is 12.6. The van der Waals surface area contributed by atoms with Crippen molar-refractivity contribution < 1.29 is 4.42 Å². The molecule has 0 radical (unpaired) electrons. The molecule has 11 aromatic rings. The smallest absolute Gasteiger partial charge is 0.164 e. The minimum Gasteiger partial charge on any atom is -0.456 e. The number of hydrogen-bond acceptors (Lipinski definition) is 4. The average Bonchev–Trinajstić information content (AvgIpc) is 3.62. The van der Waals surface area contributed by atoms with Gasteiger partial charge in [-0.1, -0.05) is 158 Å². The predicted octanol–water partition coefficient (Wildman–Crippen LogP) is 13.6. The van der Waals surface area contributed by atoms with E-state index in [1.165, 1.54) is 21.7 Å². The molecule has 0 spiro atoms. The molecule has 9 aromatic carbocycles. The summed E-state index contributed by atoms with van der Waals surface area (Å²) < 4.78 is 6.79. The average molecular weight is 702 g/mol. The molecule has 0 aliphatic rings. The Morgan fingerprint density at radius 3 is 1.55 bits per heavy atom. The molecule has 0 saturated heterocycles. The Morgan fingerprint density at radius 1 is 0.291 bits per heavy atom. The first-order valence-electron chi connectivity index (χ1n) is 18.5. The number of rotatable bonds is 5. The largest absolute Gasteiger partial charge is 0.456 e. The lowest BCUT2D eigenvalue weighted by atomic mass is 9.89. The summed E-state index contributed by atoms with van der Waals surface area (Å²) in [5.74, 6) is 1.91. The maximum atomic E-state index is 6.79. The van der Waals surface area contributed by atoms with Crippen LogP contribution in [0.25, 0.3) is 111 Å². The second-order valence-corrected chi connectivity index (χ2v) is 14.0. The summed E-state index contributed by atoms with van der Waals surface area (Å²) in [7, 11) is 0. The molecule has 55 heavy (non-hydrogen) atoms. The van der Waals surface area contributed by atoms with E-state index in [-0.39, 0.29) is 0 Å². The van der Waals surface area contributed by atoms with E-state index >= 15 is 0 Å². The van der Waals surface area contributed by atoms with Crippen molar-refractivity contribution in [3.8, 4) is 56.4 Å². The van der Waals surface area contributed by atoms with Crippen LogP contribution in [0.5, 0.6) is 0 Å². The Bertz CT molecular complexity index is 3200. The third kappa shape index (κ3) is 5.26. The van der Waals surface area contributed by atoms with Crippen LogP contribution in [0.1, 0.15) is 0 Å². The zero-order valence-corrected chi connectivity index (χ0v) is 29.6. The van der Waals surface area contributed by atoms with Crippen LogP contribution in [-0.2, 0) is 0 Å². The van der Waals surface area contributed by atoms with E-state index in [2.05, 4.69) is 127 Å². The van der Waals surface area contributed by atoms with Gasteiger partial charge in [-0.3, -0.25) is 0 Å². The molecule has 0 atom stereocenters. The van der Waals surface area contributed by atoms with Gasteiger partial charge in [-0.25, -0.2) is 15.0 Å². The maximum Gasteiger partial charge on any atom is 0.164 e. The van der Waals surface area contributed by atoms with E-state index in [1.54, 1.807) is 0 Å². The Morgan fingerprint density at radius 2 is 0.836 bits per heavy atom. The van der Waals surface area contributed by atoms with Crippen LogP contribution in [-0.4, -0.2) is 15.0 Å². The van der Waals surface area contributed by atoms with Crippen molar-refractivity contribution in [3.05, 3.63) is 188 Å². The highest BCUT2D eigenvalue weighted by Crippen LogP contribution is 2.45. The van der Waals surface area contributed by atoms with Crippen molar-refractivity contribution in [2.45, 2.75) is 0 Å². The highest BCUT2D eigenvalue weighted by Gasteiger charge is 2.21. The fourth-order valence-corrected chi connectivity index (χ4v) is 8.09. The summed E-state index contributed by atoms with van der Waals surface area (Å²) in [4.78, 5) is 15.2. The molecule has 0 fully saturated rings. The second-order valence-electron chi connectivity index (χ2n) is 14.0. The maximum absolute atomic E-state index is 6.79. The molecule has 0 saturated carbocycles. The standard InChI is InChI=1S/C51H31N3O/c1-3-15-33(16-4-1)49-52-50(34-17-5-2-6-18-34)54-51(53-49)43-27-26-42(40-23-11-12-24-41(40)43)44-29-37(39-25-13-21-32-14-9-10-22-38(32)39)31-47-48(44)45-28-35-19-7-8-20-36(35)30-46(45)55-47/h1-31H. The zero-order chi connectivity index (χ0) is 36.3. The topological polar surface area (TPSA) is 51.8 Å². The van der Waals surface area contributed by atoms with Gasteiger partial charge in [-0.05, 0) is 84.9 Å². The summed E-state index contributed by atoms with van der Waals surface area (Å²) in [6.07, 6.45) is 0. The first-order chi connectivity index (χ1) is 27.2. The monoisotopic (exact) mass is 701 g/mol. The van der Waals surface area contributed by atoms with Crippen molar-refractivity contribution in [3.63, 3.8) is 0 Å². The first-order valence-corrected chi connectivity index (χ1v) is 18.5. The van der Waals surface area contributed by atoms with Crippen LogP contribution in [0.15, 0.2) is 192 Å². The van der Waals surface area contributed by atoms with Gasteiger partial charge in [-0.15, -0.1) is 0 Å². The molecular weight excluding hydrogens is 671 g/mol. The number of furan rings is 1. The lowest BCUT2D eigenvalue weighted by molar-refractivity contribution is 0.669. The highest BCUT2D eigenvalue weighted by atomic mass is 16.3. The quantitative estimate of drug-likeness (QED) is 0.179. The number of fused-ring (bicyclic) bond motifs is 6. The molecule has 0 bridgehead atoms. The van der Waals surface area contributed by atoms with Crippen molar-refractivity contribution in [2.75, 3.05) is 0 Å². The van der Waals surface area contributed by atoms with E-state index in [4.69, 9.17) is 19.4 Å². The van der Waals surface area contributed by atoms with Gasteiger partial charge < -0.3 is 4.42 Å². The van der Waals surface area contributed by atoms with Crippen LogP contribution >= 0.6 is 0 Å². The van der Waals surface area contributed by atoms with Gasteiger partial charge in [0, 0.05) is 27.5 Å². The van der Waals surface area contributed by atoms with Crippen molar-refractivity contribution in [2.24, 2.45) is 0 Å². The Hall–Kier alpha value is -7.43. The van der Waals surface area contributed by atoms with Crippen LogP contribution in [0.4, 0.5) is 0 Å². The van der Waals surface area contributed by atoms with Crippen molar-refractivity contribution in [1.29, 1.82) is 0 Å². The third-order valence-electron chi connectivity index (χ3n) is 10.7. The van der Waals surface area contributed by atoms with E-state index in [0.29, 0.717) is 17.5 Å². The molecule has 2 aromatic heterocycles. The van der Waals surface area contributed by atoms with Gasteiger partial charge in [0.1, 0.15) is 11.2 Å². The summed E-state index contributed by atoms with van der Waals surface area (Å²) in [5, 5.41) is 9.10. The van der Waals surface area contributed by atoms with Gasteiger partial charge >= 0.3 is 0 Å². The number of benzene rings is 9. The third-order valence-corrected chi connectivity index (χ3v) is 10.7. The van der Waals surface area contributed by atoms with E-state index in [9.17, 15) is 0 Å². The highest BCUT2D eigenvalue weighted by molar-refractivity contribution is 6.19. The number of aromatic nitrogens is 3.